The molecule has 1 heterocycles. The van der Waals surface area contributed by atoms with E-state index in [1.165, 1.54) is 31.4 Å². The third-order valence-electron chi connectivity index (χ3n) is 2.85. The Morgan fingerprint density at radius 3 is 2.55 bits per heavy atom. The Balaban J connectivity index is 2.26. The quantitative estimate of drug-likeness (QED) is 0.882. The molecular formula is C13H15N3O3S. The molecular weight excluding hydrogens is 278 g/mol. The summed E-state index contributed by atoms with van der Waals surface area (Å²) in [5.41, 5.74) is 5.97. The molecule has 0 radical (unpaired) electrons. The third kappa shape index (κ3) is 2.89. The zero-order valence-electron chi connectivity index (χ0n) is 10.9. The zero-order valence-corrected chi connectivity index (χ0v) is 11.7. The van der Waals surface area contributed by atoms with E-state index in [0.29, 0.717) is 5.56 Å². The topological polar surface area (TPSA) is 96.5 Å². The monoisotopic (exact) mass is 293 g/mol. The van der Waals surface area contributed by atoms with E-state index in [2.05, 4.69) is 4.98 Å². The molecule has 7 heteroatoms. The number of phenolic OH excluding ortho intramolecular Hbond substituents is 1. The minimum Gasteiger partial charge on any atom is -0.508 e. The van der Waals surface area contributed by atoms with Gasteiger partial charge in [0.25, 0.3) is 0 Å². The van der Waals surface area contributed by atoms with Crippen LogP contribution in [0.3, 0.4) is 0 Å². The molecule has 0 amide bonds. The van der Waals surface area contributed by atoms with Gasteiger partial charge in [-0.3, -0.25) is 0 Å². The summed E-state index contributed by atoms with van der Waals surface area (Å²) in [7, 11) is -2.22. The first-order chi connectivity index (χ1) is 9.41. The van der Waals surface area contributed by atoms with Crippen molar-refractivity contribution < 1.29 is 13.5 Å². The number of sulfonamides is 1. The van der Waals surface area contributed by atoms with Gasteiger partial charge in [0.2, 0.25) is 10.0 Å². The van der Waals surface area contributed by atoms with Crippen LogP contribution in [0.1, 0.15) is 5.56 Å². The Hall–Kier alpha value is -2.12. The van der Waals surface area contributed by atoms with E-state index in [9.17, 15) is 13.5 Å². The Labute approximate surface area is 117 Å². The van der Waals surface area contributed by atoms with Gasteiger partial charge >= 0.3 is 0 Å². The lowest BCUT2D eigenvalue weighted by atomic mass is 10.2. The van der Waals surface area contributed by atoms with E-state index in [1.807, 2.05) is 0 Å². The van der Waals surface area contributed by atoms with E-state index in [1.54, 1.807) is 18.2 Å². The number of hydrogen-bond acceptors (Lipinski definition) is 5. The van der Waals surface area contributed by atoms with Crippen molar-refractivity contribution in [3.05, 3.63) is 48.2 Å². The molecule has 2 aromatic rings. The molecule has 0 bridgehead atoms. The highest BCUT2D eigenvalue weighted by Gasteiger charge is 2.22. The second kappa shape index (κ2) is 5.48. The van der Waals surface area contributed by atoms with Crippen LogP contribution in [0.2, 0.25) is 0 Å². The largest absolute Gasteiger partial charge is 0.508 e. The number of benzene rings is 1. The highest BCUT2D eigenvalue weighted by atomic mass is 32.2. The van der Waals surface area contributed by atoms with Gasteiger partial charge < -0.3 is 10.8 Å². The lowest BCUT2D eigenvalue weighted by molar-refractivity contribution is 0.435. The van der Waals surface area contributed by atoms with Crippen LogP contribution in [0, 0.1) is 0 Å². The Morgan fingerprint density at radius 2 is 1.95 bits per heavy atom. The molecule has 0 unspecified atom stereocenters. The van der Waals surface area contributed by atoms with Crippen molar-refractivity contribution in [2.45, 2.75) is 11.4 Å². The fraction of sp³-hybridized carbons (Fsp3) is 0.154. The lowest BCUT2D eigenvalue weighted by Gasteiger charge is -2.17. The predicted octanol–water partition coefficient (Wildman–Crippen LogP) is 1.19. The second-order valence-corrected chi connectivity index (χ2v) is 6.35. The molecule has 3 N–H and O–H groups in total. The van der Waals surface area contributed by atoms with Crippen LogP contribution in [-0.2, 0) is 16.6 Å². The van der Waals surface area contributed by atoms with Gasteiger partial charge in [0.1, 0.15) is 16.5 Å². The van der Waals surface area contributed by atoms with Gasteiger partial charge in [0.05, 0.1) is 0 Å². The van der Waals surface area contributed by atoms with Crippen LogP contribution in [-0.4, -0.2) is 29.9 Å². The highest BCUT2D eigenvalue weighted by Crippen LogP contribution is 2.21. The number of pyridine rings is 1. The molecule has 0 aliphatic carbocycles. The van der Waals surface area contributed by atoms with Gasteiger partial charge in [0, 0.05) is 25.4 Å². The van der Waals surface area contributed by atoms with Gasteiger partial charge in [-0.2, -0.15) is 4.31 Å². The fourth-order valence-corrected chi connectivity index (χ4v) is 2.79. The van der Waals surface area contributed by atoms with Crippen molar-refractivity contribution >= 4 is 15.8 Å². The van der Waals surface area contributed by atoms with Crippen LogP contribution in [0.5, 0.6) is 5.75 Å². The summed E-state index contributed by atoms with van der Waals surface area (Å²) in [6.07, 6.45) is 1.21. The lowest BCUT2D eigenvalue weighted by Crippen LogP contribution is -2.26. The molecule has 0 saturated heterocycles. The number of nitrogens with zero attached hydrogens (tertiary/aromatic N) is 2. The van der Waals surface area contributed by atoms with Gasteiger partial charge in [-0.05, 0) is 18.2 Å². The summed E-state index contributed by atoms with van der Waals surface area (Å²) in [4.78, 5) is 3.83. The fourth-order valence-electron chi connectivity index (χ4n) is 1.69. The molecule has 20 heavy (non-hydrogen) atoms. The molecule has 1 aromatic heterocycles. The smallest absolute Gasteiger partial charge is 0.244 e. The van der Waals surface area contributed by atoms with E-state index in [4.69, 9.17) is 5.73 Å². The Morgan fingerprint density at radius 1 is 1.25 bits per heavy atom. The van der Waals surface area contributed by atoms with Crippen molar-refractivity contribution in [3.63, 3.8) is 0 Å². The van der Waals surface area contributed by atoms with Crippen LogP contribution < -0.4 is 5.73 Å². The molecule has 106 valence electrons. The molecule has 0 fully saturated rings. The SMILES string of the molecule is CN(Cc1ccccc1O)S(=O)(=O)c1ccc(N)nc1. The van der Waals surface area contributed by atoms with Crippen molar-refractivity contribution in [1.82, 2.24) is 9.29 Å². The van der Waals surface area contributed by atoms with Crippen LogP contribution in [0.4, 0.5) is 5.82 Å². The third-order valence-corrected chi connectivity index (χ3v) is 4.64. The van der Waals surface area contributed by atoms with Crippen molar-refractivity contribution in [2.24, 2.45) is 0 Å². The Kier molecular flexibility index (Phi) is 3.91. The van der Waals surface area contributed by atoms with E-state index >= 15 is 0 Å². The molecule has 1 aromatic carbocycles. The second-order valence-electron chi connectivity index (χ2n) is 4.31. The number of para-hydroxylation sites is 1. The number of phenols is 1. The van der Waals surface area contributed by atoms with Crippen molar-refractivity contribution in [2.75, 3.05) is 12.8 Å². The Bertz CT molecular complexity index is 699. The first-order valence-electron chi connectivity index (χ1n) is 5.86. The summed E-state index contributed by atoms with van der Waals surface area (Å²) in [5, 5.41) is 9.68. The number of aromatic nitrogens is 1. The molecule has 2 rings (SSSR count). The average Bonchev–Trinajstić information content (AvgIpc) is 2.41. The normalized spacial score (nSPS) is 11.7. The number of rotatable bonds is 4. The van der Waals surface area contributed by atoms with Gasteiger partial charge in [-0.25, -0.2) is 13.4 Å². The molecule has 0 spiro atoms. The number of nitrogen functional groups attached to an aromatic ring is 1. The first-order valence-corrected chi connectivity index (χ1v) is 7.30. The van der Waals surface area contributed by atoms with Crippen LogP contribution >= 0.6 is 0 Å². The summed E-state index contributed by atoms with van der Waals surface area (Å²) in [5.74, 6) is 0.317. The van der Waals surface area contributed by atoms with E-state index < -0.39 is 10.0 Å². The molecule has 0 atom stereocenters. The zero-order chi connectivity index (χ0) is 14.8. The predicted molar refractivity (Wildman–Crippen MR) is 75.4 cm³/mol. The number of aromatic hydroxyl groups is 1. The first kappa shape index (κ1) is 14.3. The maximum absolute atomic E-state index is 12.3. The van der Waals surface area contributed by atoms with Crippen LogP contribution in [0.15, 0.2) is 47.5 Å². The summed E-state index contributed by atoms with van der Waals surface area (Å²) < 4.78 is 25.8. The summed E-state index contributed by atoms with van der Waals surface area (Å²) in [6, 6.07) is 9.43. The van der Waals surface area contributed by atoms with Gasteiger partial charge in [0.15, 0.2) is 0 Å². The number of anilines is 1. The molecule has 0 aliphatic rings. The van der Waals surface area contributed by atoms with Crippen LogP contribution in [0.25, 0.3) is 0 Å². The standard InChI is InChI=1S/C13H15N3O3S/c1-16(9-10-4-2-3-5-12(10)17)20(18,19)11-6-7-13(14)15-8-11/h2-8,17H,9H2,1H3,(H2,14,15). The summed E-state index contributed by atoms with van der Waals surface area (Å²) >= 11 is 0. The minimum atomic E-state index is -3.67. The molecule has 0 saturated carbocycles. The maximum Gasteiger partial charge on any atom is 0.244 e. The number of hydrogen-bond donors (Lipinski definition) is 2. The maximum atomic E-state index is 12.3. The average molecular weight is 293 g/mol. The molecule has 0 aliphatic heterocycles. The van der Waals surface area contributed by atoms with E-state index in [0.717, 1.165) is 4.31 Å². The number of nitrogens with two attached hydrogens (primary N) is 1. The molecule has 6 nitrogen and oxygen atoms in total. The van der Waals surface area contributed by atoms with E-state index in [-0.39, 0.29) is 23.0 Å². The van der Waals surface area contributed by atoms with Crippen molar-refractivity contribution in [3.8, 4) is 5.75 Å². The van der Waals surface area contributed by atoms with Gasteiger partial charge in [-0.15, -0.1) is 0 Å². The minimum absolute atomic E-state index is 0.0598. The van der Waals surface area contributed by atoms with Gasteiger partial charge in [-0.1, -0.05) is 18.2 Å². The van der Waals surface area contributed by atoms with Crippen molar-refractivity contribution in [1.29, 1.82) is 0 Å². The highest BCUT2D eigenvalue weighted by molar-refractivity contribution is 7.89. The summed E-state index contributed by atoms with van der Waals surface area (Å²) in [6.45, 7) is 0.0688.